The zero-order valence-electron chi connectivity index (χ0n) is 28.5. The van der Waals surface area contributed by atoms with Gasteiger partial charge in [0.25, 0.3) is 0 Å². The van der Waals surface area contributed by atoms with Crippen LogP contribution in [-0.2, 0) is 31.6 Å². The third kappa shape index (κ3) is 15.1. The molecular weight excluding hydrogens is 679 g/mol. The van der Waals surface area contributed by atoms with Crippen molar-refractivity contribution in [1.82, 2.24) is 9.44 Å². The molecule has 2 N–H and O–H groups in total. The molecule has 0 saturated carbocycles. The Balaban J connectivity index is 2.66. The van der Waals surface area contributed by atoms with Gasteiger partial charge in [0.2, 0.25) is 0 Å². The first-order chi connectivity index (χ1) is 22.2. The van der Waals surface area contributed by atoms with E-state index in [2.05, 4.69) is 9.44 Å². The summed E-state index contributed by atoms with van der Waals surface area (Å²) < 4.78 is 43.9. The average Bonchev–Trinajstić information content (AvgIpc) is 3.01. The highest BCUT2D eigenvalue weighted by molar-refractivity contribution is 7.84. The third-order valence-electron chi connectivity index (χ3n) is 7.43. The summed E-state index contributed by atoms with van der Waals surface area (Å²) in [5.41, 5.74) is 0. The van der Waals surface area contributed by atoms with Crippen LogP contribution >= 0.6 is 23.2 Å². The van der Waals surface area contributed by atoms with Gasteiger partial charge in [0.05, 0.1) is 43.3 Å². The summed E-state index contributed by atoms with van der Waals surface area (Å²) in [6.45, 7) is 11.1. The minimum Gasteiger partial charge on any atom is -0.426 e. The molecule has 2 aromatic carbocycles. The number of rotatable bonds is 20. The fourth-order valence-electron chi connectivity index (χ4n) is 4.71. The molecule has 6 atom stereocenters. The molecule has 0 aliphatic carbocycles. The topological polar surface area (TPSA) is 111 Å². The maximum atomic E-state index is 14.2. The minimum atomic E-state index is -1.54. The number of esters is 2. The van der Waals surface area contributed by atoms with E-state index in [9.17, 15) is 18.0 Å². The average molecular weight is 732 g/mol. The first kappa shape index (κ1) is 41.4. The van der Waals surface area contributed by atoms with Crippen LogP contribution in [0, 0.1) is 11.8 Å². The molecule has 264 valence electrons. The zero-order chi connectivity index (χ0) is 35.0. The van der Waals surface area contributed by atoms with E-state index in [-0.39, 0.29) is 6.42 Å². The van der Waals surface area contributed by atoms with E-state index in [1.165, 1.54) is 0 Å². The van der Waals surface area contributed by atoms with E-state index in [1.807, 2.05) is 53.7 Å². The highest BCUT2D eigenvalue weighted by Crippen LogP contribution is 2.30. The molecule has 0 fully saturated rings. The molecule has 0 bridgehead atoms. The Labute approximate surface area is 296 Å². The van der Waals surface area contributed by atoms with Crippen molar-refractivity contribution in [3.8, 4) is 11.5 Å². The first-order valence-electron chi connectivity index (χ1n) is 16.2. The highest BCUT2D eigenvalue weighted by Gasteiger charge is 2.41. The second-order valence-electron chi connectivity index (χ2n) is 13.5. The van der Waals surface area contributed by atoms with Gasteiger partial charge in [-0.2, -0.15) is 0 Å². The molecule has 2 rings (SSSR count). The molecule has 0 amide bonds. The lowest BCUT2D eigenvalue weighted by atomic mass is 9.82. The predicted octanol–water partition coefficient (Wildman–Crippen LogP) is 7.48. The van der Waals surface area contributed by atoms with E-state index in [0.717, 1.165) is 0 Å². The van der Waals surface area contributed by atoms with Crippen LogP contribution in [0.2, 0.25) is 0 Å². The molecule has 47 heavy (non-hydrogen) atoms. The molecule has 8 nitrogen and oxygen atoms in total. The van der Waals surface area contributed by atoms with Crippen molar-refractivity contribution in [2.24, 2.45) is 11.8 Å². The zero-order valence-corrected chi connectivity index (χ0v) is 31.6. The van der Waals surface area contributed by atoms with Gasteiger partial charge < -0.3 is 9.47 Å². The Kier molecular flexibility index (Phi) is 18.2. The van der Waals surface area contributed by atoms with E-state index in [0.29, 0.717) is 61.8 Å². The Morgan fingerprint density at radius 2 is 0.979 bits per heavy atom. The Hall–Kier alpha value is -1.82. The van der Waals surface area contributed by atoms with Crippen molar-refractivity contribution >= 4 is 57.1 Å². The summed E-state index contributed by atoms with van der Waals surface area (Å²) in [5.74, 6) is -1.41. The number of carbonyl (C=O) groups is 2. The second kappa shape index (κ2) is 20.6. The van der Waals surface area contributed by atoms with E-state index in [1.54, 1.807) is 48.5 Å². The van der Waals surface area contributed by atoms with Crippen molar-refractivity contribution in [1.29, 1.82) is 0 Å². The van der Waals surface area contributed by atoms with Gasteiger partial charge in [0, 0.05) is 23.8 Å². The number of nitrogens with one attached hydrogen (secondary N) is 2. The predicted molar refractivity (Wildman–Crippen MR) is 195 cm³/mol. The van der Waals surface area contributed by atoms with Gasteiger partial charge in [-0.15, -0.1) is 23.2 Å². The van der Waals surface area contributed by atoms with Gasteiger partial charge in [0.1, 0.15) is 11.5 Å². The number of unbranched alkanes of at least 4 members (excludes halogenated alkanes) is 2. The van der Waals surface area contributed by atoms with Crippen molar-refractivity contribution in [2.75, 3.05) is 11.8 Å². The molecule has 0 radical (unpaired) electrons. The fourth-order valence-corrected chi connectivity index (χ4v) is 6.91. The Bertz CT molecular complexity index is 1170. The number of halogens is 2. The van der Waals surface area contributed by atoms with Crippen LogP contribution < -0.4 is 18.9 Å². The number of carbonyl (C=O) groups excluding carboxylic acids is 2. The maximum Gasteiger partial charge on any atom is 0.315 e. The number of ether oxygens (including phenoxy) is 2. The molecule has 0 aliphatic heterocycles. The number of alkyl halides is 2. The number of hydrogen-bond donors (Lipinski definition) is 2. The minimum absolute atomic E-state index is 0.0168. The Morgan fingerprint density at radius 1 is 0.638 bits per heavy atom. The van der Waals surface area contributed by atoms with Gasteiger partial charge in [0.15, 0.2) is 0 Å². The fraction of sp³-hybridized carbons (Fsp3) is 0.600. The quantitative estimate of drug-likeness (QED) is 0.0633. The van der Waals surface area contributed by atoms with E-state index in [4.69, 9.17) is 32.7 Å². The monoisotopic (exact) mass is 730 g/mol. The summed E-state index contributed by atoms with van der Waals surface area (Å²) >= 11 is 12.0. The lowest BCUT2D eigenvalue weighted by Gasteiger charge is -2.34. The summed E-state index contributed by atoms with van der Waals surface area (Å²) in [4.78, 5) is 28.3. The standard InChI is InChI=1S/C35H52Cl2N2O6S2/c1-34(2,3)46(42)38-30(21-13-15-23-36)28(32(40)44-26-17-9-7-10-18-26)25-29(33(41)45-27-19-11-8-12-20-27)31(22-14-16-24-37)39-47(43)35(4,5)6/h7-12,17-20,28-31,38-39H,13-16,21-25H2,1-6H3/t28-,29-,30+,31+,46?,47?/m1/s1. The number of hydrogen-bond acceptors (Lipinski definition) is 6. The van der Waals surface area contributed by atoms with Gasteiger partial charge in [-0.1, -0.05) is 49.2 Å². The van der Waals surface area contributed by atoms with Crippen molar-refractivity contribution in [3.63, 3.8) is 0 Å². The second-order valence-corrected chi connectivity index (χ2v) is 18.2. The third-order valence-corrected chi connectivity index (χ3v) is 11.2. The largest absolute Gasteiger partial charge is 0.426 e. The molecule has 0 heterocycles. The molecular formula is C35H52Cl2N2O6S2. The summed E-state index contributed by atoms with van der Waals surface area (Å²) in [5, 5.41) is 0. The van der Waals surface area contributed by atoms with Crippen LogP contribution in [0.4, 0.5) is 0 Å². The van der Waals surface area contributed by atoms with Crippen molar-refractivity contribution < 1.29 is 27.5 Å². The number of benzene rings is 2. The molecule has 12 heteroatoms. The molecule has 0 spiro atoms. The van der Waals surface area contributed by atoms with Crippen LogP contribution in [0.25, 0.3) is 0 Å². The first-order valence-corrected chi connectivity index (χ1v) is 19.6. The van der Waals surface area contributed by atoms with E-state index >= 15 is 0 Å². The SMILES string of the molecule is CC(C)(C)S(=O)N[C@@H](CCCCCl)[C@@H](C[C@@H](C(=O)Oc1ccccc1)[C@H](CCCCCl)NS(=O)C(C)(C)C)C(=O)Oc1ccccc1. The van der Waals surface area contributed by atoms with Crippen LogP contribution in [0.1, 0.15) is 86.5 Å². The molecule has 0 aliphatic rings. The Morgan fingerprint density at radius 3 is 1.28 bits per heavy atom. The normalized spacial score (nSPS) is 16.0. The van der Waals surface area contributed by atoms with Gasteiger partial charge in [-0.3, -0.25) is 9.59 Å². The van der Waals surface area contributed by atoms with Crippen LogP contribution in [0.5, 0.6) is 11.5 Å². The lowest BCUT2D eigenvalue weighted by Crippen LogP contribution is -2.51. The molecule has 0 saturated heterocycles. The van der Waals surface area contributed by atoms with Crippen molar-refractivity contribution in [2.45, 2.75) is 108 Å². The van der Waals surface area contributed by atoms with Gasteiger partial charge >= 0.3 is 11.9 Å². The van der Waals surface area contributed by atoms with Crippen LogP contribution in [0.15, 0.2) is 60.7 Å². The van der Waals surface area contributed by atoms with E-state index < -0.39 is 67.3 Å². The van der Waals surface area contributed by atoms with Gasteiger partial charge in [-0.05, 0) is 97.9 Å². The lowest BCUT2D eigenvalue weighted by molar-refractivity contribution is -0.144. The molecule has 2 aromatic rings. The molecule has 0 aromatic heterocycles. The summed E-state index contributed by atoms with van der Waals surface area (Å²) in [6.07, 6.45) is 3.59. The molecule has 2 unspecified atom stereocenters. The smallest absolute Gasteiger partial charge is 0.315 e. The van der Waals surface area contributed by atoms with Crippen LogP contribution in [0.3, 0.4) is 0 Å². The van der Waals surface area contributed by atoms with Gasteiger partial charge in [-0.25, -0.2) is 17.9 Å². The maximum absolute atomic E-state index is 14.2. The summed E-state index contributed by atoms with van der Waals surface area (Å²) in [7, 11) is -3.07. The highest BCUT2D eigenvalue weighted by atomic mass is 35.5. The summed E-state index contributed by atoms with van der Waals surface area (Å²) in [6, 6.07) is 16.2. The van der Waals surface area contributed by atoms with Crippen LogP contribution in [-0.4, -0.2) is 53.7 Å². The number of para-hydroxylation sites is 2. The van der Waals surface area contributed by atoms with Crippen molar-refractivity contribution in [3.05, 3.63) is 60.7 Å².